The molecule has 2 heterocycles. The van der Waals surface area contributed by atoms with E-state index < -0.39 is 23.0 Å². The van der Waals surface area contributed by atoms with Crippen LogP contribution in [0.4, 0.5) is 26.4 Å². The van der Waals surface area contributed by atoms with Crippen molar-refractivity contribution in [2.45, 2.75) is 31.7 Å². The maximum atomic E-state index is 13.1. The highest BCUT2D eigenvalue weighted by atomic mass is 19.1. The molecule has 3 aromatic rings. The van der Waals surface area contributed by atoms with Crippen molar-refractivity contribution in [2.75, 3.05) is 43.1 Å². The van der Waals surface area contributed by atoms with Crippen LogP contribution in [-0.2, 0) is 9.59 Å². The van der Waals surface area contributed by atoms with Crippen molar-refractivity contribution in [1.82, 2.24) is 14.8 Å². The van der Waals surface area contributed by atoms with Crippen molar-refractivity contribution in [1.29, 1.82) is 0 Å². The van der Waals surface area contributed by atoms with Crippen molar-refractivity contribution < 1.29 is 23.5 Å². The summed E-state index contributed by atoms with van der Waals surface area (Å²) in [5, 5.41) is 8.33. The van der Waals surface area contributed by atoms with Crippen molar-refractivity contribution in [2.24, 2.45) is 5.41 Å². The summed E-state index contributed by atoms with van der Waals surface area (Å²) in [5.74, 6) is 0.167. The highest BCUT2D eigenvalue weighted by Gasteiger charge is 2.56. The lowest BCUT2D eigenvalue weighted by molar-refractivity contribution is -0.131. The van der Waals surface area contributed by atoms with Crippen molar-refractivity contribution >= 4 is 35.0 Å². The standard InChI is InChI=1S/C30H33FN6O4/c1-36-17-12-23(13-18-36)37(2)29(40)35-26-19-25(11-16-32-26)41-24-9-7-22(8-10-24)34-28(39)30(14-15-30)27(38)33-21-5-3-20(31)4-6-21/h3-11,16,19,23H,12-15,17-18H2,1-2H3,(H,33,38)(H,34,39)(H,32,35,40). The van der Waals surface area contributed by atoms with Crippen LogP contribution in [0.1, 0.15) is 25.7 Å². The largest absolute Gasteiger partial charge is 0.457 e. The summed E-state index contributed by atoms with van der Waals surface area (Å²) in [6.07, 6.45) is 4.28. The van der Waals surface area contributed by atoms with E-state index in [9.17, 15) is 18.8 Å². The van der Waals surface area contributed by atoms with Crippen LogP contribution in [0.5, 0.6) is 11.5 Å². The SMILES string of the molecule is CN1CCC(N(C)C(=O)Nc2cc(Oc3ccc(NC(=O)C4(C(=O)Nc5ccc(F)cc5)CC4)cc3)ccn2)CC1. The van der Waals surface area contributed by atoms with Crippen LogP contribution in [0.15, 0.2) is 66.9 Å². The van der Waals surface area contributed by atoms with Gasteiger partial charge < -0.3 is 25.2 Å². The summed E-state index contributed by atoms with van der Waals surface area (Å²) in [6, 6.07) is 15.4. The van der Waals surface area contributed by atoms with Crippen LogP contribution in [0, 0.1) is 11.2 Å². The van der Waals surface area contributed by atoms with Crippen LogP contribution in [-0.4, -0.2) is 65.9 Å². The molecule has 41 heavy (non-hydrogen) atoms. The zero-order valence-corrected chi connectivity index (χ0v) is 23.0. The molecule has 2 aliphatic rings. The number of ether oxygens (including phenoxy) is 1. The van der Waals surface area contributed by atoms with Gasteiger partial charge in [0.25, 0.3) is 0 Å². The smallest absolute Gasteiger partial charge is 0.323 e. The minimum atomic E-state index is -1.15. The van der Waals surface area contributed by atoms with E-state index in [2.05, 4.69) is 32.9 Å². The number of carbonyl (C=O) groups excluding carboxylic acids is 3. The van der Waals surface area contributed by atoms with Gasteiger partial charge >= 0.3 is 6.03 Å². The van der Waals surface area contributed by atoms with Gasteiger partial charge in [0.15, 0.2) is 0 Å². The summed E-state index contributed by atoms with van der Waals surface area (Å²) in [7, 11) is 3.88. The Bertz CT molecular complexity index is 1400. The lowest BCUT2D eigenvalue weighted by Crippen LogP contribution is -2.46. The molecule has 4 amide bonds. The summed E-state index contributed by atoms with van der Waals surface area (Å²) in [5.41, 5.74) is -0.203. The van der Waals surface area contributed by atoms with Crippen molar-refractivity contribution in [3.8, 4) is 11.5 Å². The Kier molecular flexibility index (Phi) is 8.16. The van der Waals surface area contributed by atoms with Crippen molar-refractivity contribution in [3.05, 3.63) is 72.7 Å². The molecule has 1 aromatic heterocycles. The number of anilines is 3. The van der Waals surface area contributed by atoms with Gasteiger partial charge in [-0.15, -0.1) is 0 Å². The van der Waals surface area contributed by atoms with E-state index in [0.29, 0.717) is 41.5 Å². The molecule has 0 bridgehead atoms. The molecule has 1 aliphatic carbocycles. The summed E-state index contributed by atoms with van der Waals surface area (Å²) in [6.45, 7) is 1.92. The third-order valence-electron chi connectivity index (χ3n) is 7.59. The van der Waals surface area contributed by atoms with Gasteiger partial charge in [0.2, 0.25) is 11.8 Å². The number of carbonyl (C=O) groups is 3. The first-order valence-electron chi connectivity index (χ1n) is 13.6. The second-order valence-electron chi connectivity index (χ2n) is 10.6. The number of nitrogens with zero attached hydrogens (tertiary/aromatic N) is 3. The van der Waals surface area contributed by atoms with Gasteiger partial charge in [-0.2, -0.15) is 0 Å². The molecular weight excluding hydrogens is 527 g/mol. The predicted molar refractivity (Wildman–Crippen MR) is 153 cm³/mol. The number of aromatic nitrogens is 1. The number of urea groups is 1. The van der Waals surface area contributed by atoms with E-state index in [1.54, 1.807) is 54.5 Å². The molecular formula is C30H33FN6O4. The average molecular weight is 561 g/mol. The molecule has 1 saturated carbocycles. The average Bonchev–Trinajstić information content (AvgIpc) is 3.78. The first-order chi connectivity index (χ1) is 19.7. The molecule has 10 nitrogen and oxygen atoms in total. The van der Waals surface area contributed by atoms with Crippen molar-refractivity contribution in [3.63, 3.8) is 0 Å². The molecule has 11 heteroatoms. The number of hydrogen-bond acceptors (Lipinski definition) is 6. The van der Waals surface area contributed by atoms with E-state index in [1.165, 1.54) is 24.3 Å². The topological polar surface area (TPSA) is 116 Å². The lowest BCUT2D eigenvalue weighted by atomic mass is 10.0. The Labute approximate surface area is 237 Å². The van der Waals surface area contributed by atoms with Crippen LogP contribution < -0.4 is 20.7 Å². The van der Waals surface area contributed by atoms with Gasteiger partial charge in [0, 0.05) is 36.7 Å². The lowest BCUT2D eigenvalue weighted by Gasteiger charge is -2.34. The highest BCUT2D eigenvalue weighted by molar-refractivity contribution is 6.16. The summed E-state index contributed by atoms with van der Waals surface area (Å²) < 4.78 is 19.1. The molecule has 5 rings (SSSR count). The number of pyridine rings is 1. The monoisotopic (exact) mass is 560 g/mol. The van der Waals surface area contributed by atoms with E-state index >= 15 is 0 Å². The highest BCUT2D eigenvalue weighted by Crippen LogP contribution is 2.47. The summed E-state index contributed by atoms with van der Waals surface area (Å²) in [4.78, 5) is 46.7. The Balaban J connectivity index is 1.14. The van der Waals surface area contributed by atoms with Crippen LogP contribution in [0.25, 0.3) is 0 Å². The number of piperidine rings is 1. The number of amides is 4. The van der Waals surface area contributed by atoms with E-state index in [0.717, 1.165) is 25.9 Å². The minimum absolute atomic E-state index is 0.184. The van der Waals surface area contributed by atoms with Gasteiger partial charge in [-0.05, 0) is 100 Å². The molecule has 2 fully saturated rings. The number of likely N-dealkylation sites (tertiary alicyclic amines) is 1. The Hall–Kier alpha value is -4.51. The quantitative estimate of drug-likeness (QED) is 0.337. The fourth-order valence-electron chi connectivity index (χ4n) is 4.75. The maximum absolute atomic E-state index is 13.1. The Morgan fingerprint density at radius 2 is 1.49 bits per heavy atom. The molecule has 214 valence electrons. The molecule has 0 radical (unpaired) electrons. The summed E-state index contributed by atoms with van der Waals surface area (Å²) >= 11 is 0. The van der Waals surface area contributed by atoms with E-state index in [1.807, 2.05) is 0 Å². The number of benzene rings is 2. The number of nitrogens with one attached hydrogen (secondary N) is 3. The van der Waals surface area contributed by atoms with Gasteiger partial charge in [-0.1, -0.05) is 0 Å². The third kappa shape index (κ3) is 6.80. The molecule has 1 saturated heterocycles. The fraction of sp³-hybridized carbons (Fsp3) is 0.333. The second-order valence-corrected chi connectivity index (χ2v) is 10.6. The third-order valence-corrected chi connectivity index (χ3v) is 7.59. The van der Waals surface area contributed by atoms with Crippen LogP contribution in [0.3, 0.4) is 0 Å². The number of halogens is 1. The second kappa shape index (κ2) is 11.9. The van der Waals surface area contributed by atoms with Gasteiger partial charge in [0.05, 0.1) is 0 Å². The predicted octanol–water partition coefficient (Wildman–Crippen LogP) is 4.93. The first-order valence-corrected chi connectivity index (χ1v) is 13.6. The zero-order chi connectivity index (χ0) is 29.0. The van der Waals surface area contributed by atoms with E-state index in [-0.39, 0.29) is 12.1 Å². The normalized spacial score (nSPS) is 16.4. The molecule has 3 N–H and O–H groups in total. The van der Waals surface area contributed by atoms with Gasteiger partial charge in [-0.25, -0.2) is 14.2 Å². The zero-order valence-electron chi connectivity index (χ0n) is 23.0. The number of hydrogen-bond donors (Lipinski definition) is 3. The Morgan fingerprint density at radius 1 is 0.902 bits per heavy atom. The Morgan fingerprint density at radius 3 is 2.07 bits per heavy atom. The molecule has 2 aromatic carbocycles. The van der Waals surface area contributed by atoms with Gasteiger partial charge in [0.1, 0.15) is 28.5 Å². The maximum Gasteiger partial charge on any atom is 0.323 e. The van der Waals surface area contributed by atoms with Gasteiger partial charge in [-0.3, -0.25) is 14.9 Å². The van der Waals surface area contributed by atoms with Crippen LogP contribution in [0.2, 0.25) is 0 Å². The fourth-order valence-corrected chi connectivity index (χ4v) is 4.75. The molecule has 0 atom stereocenters. The molecule has 0 unspecified atom stereocenters. The number of rotatable bonds is 8. The van der Waals surface area contributed by atoms with E-state index in [4.69, 9.17) is 4.74 Å². The first kappa shape index (κ1) is 28.0. The van der Waals surface area contributed by atoms with Crippen LogP contribution >= 0.6 is 0 Å². The molecule has 1 aliphatic heterocycles. The molecule has 0 spiro atoms. The minimum Gasteiger partial charge on any atom is -0.457 e.